The molecule has 2 fully saturated rings. The topological polar surface area (TPSA) is 90.1 Å². The van der Waals surface area contributed by atoms with Crippen molar-refractivity contribution < 1.29 is 28.5 Å². The molecule has 1 aromatic carbocycles. The number of hydrogen-bond donors (Lipinski definition) is 1. The van der Waals surface area contributed by atoms with Crippen LogP contribution in [-0.2, 0) is 30.2 Å². The molecule has 8 heteroatoms. The van der Waals surface area contributed by atoms with Crippen LogP contribution in [0.1, 0.15) is 30.1 Å². The Labute approximate surface area is 187 Å². The third kappa shape index (κ3) is 3.28. The molecule has 1 saturated carbocycles. The maximum Gasteiger partial charge on any atom is 0.311 e. The zero-order chi connectivity index (χ0) is 22.4. The number of nitrogens with zero attached hydrogens (tertiary/aromatic N) is 1. The number of methoxy groups -OCH3 is 3. The van der Waals surface area contributed by atoms with E-state index in [1.807, 2.05) is 12.1 Å². The first-order valence-electron chi connectivity index (χ1n) is 11.2. The predicted octanol–water partition coefficient (Wildman–Crippen LogP) is 2.46. The number of carbonyl (C=O) groups is 2. The molecule has 3 aliphatic rings. The van der Waals surface area contributed by atoms with Crippen molar-refractivity contribution in [3.05, 3.63) is 29.5 Å². The SMILES string of the molecule is COC(=O)[C@H]1[C@H]2C[C@@H]3c4[nH]c5cc(OC)ccc5c4CCN3C[C@H]2C[C@@H](OC=O)[C@@H]1OC. The molecule has 1 saturated heterocycles. The molecule has 1 aromatic heterocycles. The second kappa shape index (κ2) is 8.41. The molecule has 2 aliphatic heterocycles. The van der Waals surface area contributed by atoms with E-state index in [1.165, 1.54) is 23.8 Å². The molecule has 172 valence electrons. The lowest BCUT2D eigenvalue weighted by molar-refractivity contribution is -0.183. The first-order valence-corrected chi connectivity index (χ1v) is 11.2. The highest BCUT2D eigenvalue weighted by atomic mass is 16.6. The van der Waals surface area contributed by atoms with Gasteiger partial charge in [-0.2, -0.15) is 0 Å². The van der Waals surface area contributed by atoms with E-state index in [4.69, 9.17) is 18.9 Å². The largest absolute Gasteiger partial charge is 0.497 e. The number of esters is 1. The van der Waals surface area contributed by atoms with Gasteiger partial charge in [0, 0.05) is 42.9 Å². The Hall–Kier alpha value is -2.58. The third-order valence-electron chi connectivity index (χ3n) is 7.83. The Bertz CT molecular complexity index is 1020. The van der Waals surface area contributed by atoms with E-state index in [9.17, 15) is 9.59 Å². The highest BCUT2D eigenvalue weighted by Gasteiger charge is 2.54. The monoisotopic (exact) mass is 442 g/mol. The smallest absolute Gasteiger partial charge is 0.311 e. The Morgan fingerprint density at radius 2 is 2.06 bits per heavy atom. The molecule has 1 N–H and O–H groups in total. The van der Waals surface area contributed by atoms with Crippen LogP contribution in [0.3, 0.4) is 0 Å². The first kappa shape index (κ1) is 21.3. The van der Waals surface area contributed by atoms with E-state index in [2.05, 4.69) is 16.0 Å². The van der Waals surface area contributed by atoms with Gasteiger partial charge >= 0.3 is 5.97 Å². The molecule has 6 atom stereocenters. The van der Waals surface area contributed by atoms with E-state index in [0.717, 1.165) is 37.2 Å². The summed E-state index contributed by atoms with van der Waals surface area (Å²) in [5.74, 6) is 0.395. The number of piperidine rings is 1. The number of ether oxygens (including phenoxy) is 4. The number of aromatic nitrogens is 1. The van der Waals surface area contributed by atoms with Crippen LogP contribution in [0.25, 0.3) is 10.9 Å². The van der Waals surface area contributed by atoms with Gasteiger partial charge in [0.2, 0.25) is 0 Å². The van der Waals surface area contributed by atoms with Gasteiger partial charge in [0.25, 0.3) is 6.47 Å². The van der Waals surface area contributed by atoms with Gasteiger partial charge in [-0.05, 0) is 48.8 Å². The van der Waals surface area contributed by atoms with Crippen LogP contribution in [0, 0.1) is 17.8 Å². The van der Waals surface area contributed by atoms with Crippen LogP contribution in [0.15, 0.2) is 18.2 Å². The van der Waals surface area contributed by atoms with Crippen LogP contribution in [-0.4, -0.2) is 69.0 Å². The Morgan fingerprint density at radius 3 is 2.78 bits per heavy atom. The van der Waals surface area contributed by atoms with Gasteiger partial charge in [0.05, 0.1) is 26.2 Å². The van der Waals surface area contributed by atoms with E-state index in [-0.39, 0.29) is 23.8 Å². The number of rotatable bonds is 5. The van der Waals surface area contributed by atoms with Gasteiger partial charge in [0.1, 0.15) is 18.0 Å². The Morgan fingerprint density at radius 1 is 1.22 bits per heavy atom. The standard InChI is InChI=1S/C24H30N2O6/c1-29-14-4-5-15-16-6-7-26-11-13-8-20(32-12-27)23(30-2)21(24(28)31-3)17(13)10-19(26)22(16)25-18(15)9-14/h4-5,9,12-13,17,19-21,23,25H,6-8,10-11H2,1-3H3/t13-,17+,19-,20-,21+,23+/m1/s1. The summed E-state index contributed by atoms with van der Waals surface area (Å²) in [6, 6.07) is 6.38. The number of carbonyl (C=O) groups excluding carboxylic acids is 2. The van der Waals surface area contributed by atoms with Gasteiger partial charge in [-0.25, -0.2) is 0 Å². The average Bonchev–Trinajstić information content (AvgIpc) is 3.19. The van der Waals surface area contributed by atoms with Crippen molar-refractivity contribution in [3.63, 3.8) is 0 Å². The highest BCUT2D eigenvalue weighted by molar-refractivity contribution is 5.86. The molecule has 0 radical (unpaired) electrons. The Balaban J connectivity index is 1.51. The molecular weight excluding hydrogens is 412 g/mol. The maximum absolute atomic E-state index is 12.9. The fourth-order valence-electron chi connectivity index (χ4n) is 6.45. The van der Waals surface area contributed by atoms with E-state index < -0.39 is 18.1 Å². The third-order valence-corrected chi connectivity index (χ3v) is 7.83. The van der Waals surface area contributed by atoms with E-state index in [1.54, 1.807) is 14.2 Å². The molecule has 8 nitrogen and oxygen atoms in total. The number of benzene rings is 1. The second-order valence-electron chi connectivity index (χ2n) is 9.10. The molecule has 3 heterocycles. The normalized spacial score (nSPS) is 31.8. The van der Waals surface area contributed by atoms with Crippen LogP contribution in [0.5, 0.6) is 5.75 Å². The van der Waals surface area contributed by atoms with Crippen molar-refractivity contribution >= 4 is 23.3 Å². The predicted molar refractivity (Wildman–Crippen MR) is 116 cm³/mol. The fourth-order valence-corrected chi connectivity index (χ4v) is 6.45. The van der Waals surface area contributed by atoms with Crippen molar-refractivity contribution in [1.82, 2.24) is 9.88 Å². The lowest BCUT2D eigenvalue weighted by Gasteiger charge is -2.52. The van der Waals surface area contributed by atoms with Crippen molar-refractivity contribution in [3.8, 4) is 5.75 Å². The number of hydrogen-bond acceptors (Lipinski definition) is 7. The summed E-state index contributed by atoms with van der Waals surface area (Å²) in [7, 11) is 4.66. The quantitative estimate of drug-likeness (QED) is 0.562. The number of fused-ring (bicyclic) bond motifs is 6. The number of nitrogens with one attached hydrogen (secondary N) is 1. The number of aromatic amines is 1. The lowest BCUT2D eigenvalue weighted by Crippen LogP contribution is -2.58. The molecule has 0 bridgehead atoms. The molecule has 0 spiro atoms. The van der Waals surface area contributed by atoms with Crippen LogP contribution < -0.4 is 4.74 Å². The molecule has 0 amide bonds. The summed E-state index contributed by atoms with van der Waals surface area (Å²) in [4.78, 5) is 30.2. The van der Waals surface area contributed by atoms with Crippen LogP contribution >= 0.6 is 0 Å². The van der Waals surface area contributed by atoms with E-state index >= 15 is 0 Å². The minimum absolute atomic E-state index is 0.0899. The van der Waals surface area contributed by atoms with Crippen molar-refractivity contribution in [2.45, 2.75) is 37.5 Å². The Kier molecular flexibility index (Phi) is 5.59. The van der Waals surface area contributed by atoms with Gasteiger partial charge < -0.3 is 23.9 Å². The van der Waals surface area contributed by atoms with Crippen molar-refractivity contribution in [2.75, 3.05) is 34.4 Å². The molecule has 1 aliphatic carbocycles. The van der Waals surface area contributed by atoms with Crippen molar-refractivity contribution in [1.29, 1.82) is 0 Å². The minimum Gasteiger partial charge on any atom is -0.497 e. The molecule has 2 aromatic rings. The summed E-state index contributed by atoms with van der Waals surface area (Å²) >= 11 is 0. The van der Waals surface area contributed by atoms with E-state index in [0.29, 0.717) is 12.9 Å². The van der Waals surface area contributed by atoms with Gasteiger partial charge in [0.15, 0.2) is 0 Å². The maximum atomic E-state index is 12.9. The fraction of sp³-hybridized carbons (Fsp3) is 0.583. The zero-order valence-electron chi connectivity index (χ0n) is 18.7. The summed E-state index contributed by atoms with van der Waals surface area (Å²) in [5, 5.41) is 1.24. The molecule has 32 heavy (non-hydrogen) atoms. The molecule has 5 rings (SSSR count). The number of H-pyrrole nitrogens is 1. The van der Waals surface area contributed by atoms with Gasteiger partial charge in [-0.1, -0.05) is 0 Å². The second-order valence-corrected chi connectivity index (χ2v) is 9.10. The van der Waals surface area contributed by atoms with Gasteiger partial charge in [-0.3, -0.25) is 14.5 Å². The molecular formula is C24H30N2O6. The summed E-state index contributed by atoms with van der Waals surface area (Å²) in [5.41, 5.74) is 3.68. The summed E-state index contributed by atoms with van der Waals surface area (Å²) in [6.07, 6.45) is 1.55. The summed E-state index contributed by atoms with van der Waals surface area (Å²) < 4.78 is 21.6. The average molecular weight is 443 g/mol. The summed E-state index contributed by atoms with van der Waals surface area (Å²) in [6.45, 7) is 2.29. The first-order chi connectivity index (χ1) is 15.6. The zero-order valence-corrected chi connectivity index (χ0v) is 18.7. The highest BCUT2D eigenvalue weighted by Crippen LogP contribution is 2.50. The van der Waals surface area contributed by atoms with Crippen LogP contribution in [0.2, 0.25) is 0 Å². The van der Waals surface area contributed by atoms with Crippen LogP contribution in [0.4, 0.5) is 0 Å². The van der Waals surface area contributed by atoms with Crippen molar-refractivity contribution in [2.24, 2.45) is 17.8 Å². The van der Waals surface area contributed by atoms with Gasteiger partial charge in [-0.15, -0.1) is 0 Å². The lowest BCUT2D eigenvalue weighted by atomic mass is 9.64. The minimum atomic E-state index is -0.504. The molecule has 0 unspecified atom stereocenters.